The van der Waals surface area contributed by atoms with E-state index in [2.05, 4.69) is 15.3 Å². The average Bonchev–Trinajstić information content (AvgIpc) is 3.10. The summed E-state index contributed by atoms with van der Waals surface area (Å²) >= 11 is 1.80. The van der Waals surface area contributed by atoms with Crippen molar-refractivity contribution in [1.82, 2.24) is 9.97 Å². The van der Waals surface area contributed by atoms with Crippen LogP contribution in [-0.4, -0.2) is 31.3 Å². The highest BCUT2D eigenvalue weighted by atomic mass is 32.1. The van der Waals surface area contributed by atoms with Gasteiger partial charge in [-0.15, -0.1) is 11.3 Å². The van der Waals surface area contributed by atoms with Crippen LogP contribution in [0.15, 0.2) is 18.5 Å². The Morgan fingerprint density at radius 1 is 0.963 bits per heavy atom. The topological polar surface area (TPSA) is 65.5 Å². The second kappa shape index (κ2) is 7.60. The molecule has 6 nitrogen and oxygen atoms in total. The quantitative estimate of drug-likeness (QED) is 0.686. The lowest BCUT2D eigenvalue weighted by atomic mass is 9.97. The molecule has 2 heterocycles. The molecule has 1 N–H and O–H groups in total. The molecule has 27 heavy (non-hydrogen) atoms. The number of anilines is 1. The van der Waals surface area contributed by atoms with Gasteiger partial charge in [0.05, 0.1) is 26.7 Å². The molecule has 0 unspecified atom stereocenters. The Kier molecular flexibility index (Phi) is 5.03. The van der Waals surface area contributed by atoms with Gasteiger partial charge in [0.1, 0.15) is 22.7 Å². The molecule has 1 aromatic carbocycles. The molecule has 0 aliphatic heterocycles. The molecule has 0 spiro atoms. The second-order valence-corrected chi connectivity index (χ2v) is 7.57. The Balaban J connectivity index is 1.67. The van der Waals surface area contributed by atoms with Crippen molar-refractivity contribution < 1.29 is 14.2 Å². The van der Waals surface area contributed by atoms with E-state index in [4.69, 9.17) is 14.2 Å². The van der Waals surface area contributed by atoms with E-state index in [1.54, 1.807) is 39.0 Å². The number of aromatic nitrogens is 2. The summed E-state index contributed by atoms with van der Waals surface area (Å²) in [5.41, 5.74) is 2.40. The molecule has 0 atom stereocenters. The molecule has 1 aliphatic carbocycles. The second-order valence-electron chi connectivity index (χ2n) is 6.49. The lowest BCUT2D eigenvalue weighted by Crippen LogP contribution is -2.06. The molecule has 1 aliphatic rings. The van der Waals surface area contributed by atoms with Gasteiger partial charge in [0.2, 0.25) is 0 Å². The molecule has 0 bridgehead atoms. The first-order valence-corrected chi connectivity index (χ1v) is 9.84. The maximum absolute atomic E-state index is 5.53. The molecule has 7 heteroatoms. The third kappa shape index (κ3) is 3.27. The number of aryl methyl sites for hydroxylation is 2. The molecule has 2 aromatic heterocycles. The van der Waals surface area contributed by atoms with Crippen LogP contribution in [0.25, 0.3) is 10.2 Å². The summed E-state index contributed by atoms with van der Waals surface area (Å²) in [7, 11) is 4.91. The predicted octanol–water partition coefficient (Wildman–Crippen LogP) is 4.21. The highest BCUT2D eigenvalue weighted by Gasteiger charge is 2.20. The van der Waals surface area contributed by atoms with E-state index >= 15 is 0 Å². The van der Waals surface area contributed by atoms with E-state index in [1.165, 1.54) is 28.7 Å². The number of ether oxygens (including phenoxy) is 3. The minimum absolute atomic E-state index is 0.570. The molecular formula is C20H23N3O3S. The van der Waals surface area contributed by atoms with E-state index in [9.17, 15) is 0 Å². The van der Waals surface area contributed by atoms with Crippen molar-refractivity contribution in [3.63, 3.8) is 0 Å². The lowest BCUT2D eigenvalue weighted by Gasteiger charge is -2.16. The number of thiophene rings is 1. The minimum Gasteiger partial charge on any atom is -0.496 e. The zero-order valence-corrected chi connectivity index (χ0v) is 16.6. The normalized spacial score (nSPS) is 13.3. The van der Waals surface area contributed by atoms with Gasteiger partial charge in [-0.05, 0) is 37.3 Å². The van der Waals surface area contributed by atoms with Crippen LogP contribution in [0.3, 0.4) is 0 Å². The molecule has 0 saturated carbocycles. The van der Waals surface area contributed by atoms with Gasteiger partial charge in [0.15, 0.2) is 11.5 Å². The monoisotopic (exact) mass is 385 g/mol. The first-order chi connectivity index (χ1) is 13.2. The summed E-state index contributed by atoms with van der Waals surface area (Å²) in [6.07, 6.45) is 6.39. The SMILES string of the molecule is COc1cc(OC)c(OC)cc1CNc1ncnc2sc3c(c12)CCCC3. The summed E-state index contributed by atoms with van der Waals surface area (Å²) < 4.78 is 16.3. The fraction of sp³-hybridized carbons (Fsp3) is 0.400. The molecule has 3 aromatic rings. The maximum atomic E-state index is 5.53. The van der Waals surface area contributed by atoms with Gasteiger partial charge in [-0.25, -0.2) is 9.97 Å². The largest absolute Gasteiger partial charge is 0.496 e. The zero-order valence-electron chi connectivity index (χ0n) is 15.8. The van der Waals surface area contributed by atoms with Gasteiger partial charge < -0.3 is 19.5 Å². The van der Waals surface area contributed by atoms with Crippen LogP contribution in [-0.2, 0) is 19.4 Å². The Morgan fingerprint density at radius 2 is 1.70 bits per heavy atom. The van der Waals surface area contributed by atoms with Crippen LogP contribution in [0.5, 0.6) is 17.2 Å². The van der Waals surface area contributed by atoms with Crippen LogP contribution in [0.4, 0.5) is 5.82 Å². The highest BCUT2D eigenvalue weighted by Crippen LogP contribution is 2.39. The van der Waals surface area contributed by atoms with Gasteiger partial charge in [0, 0.05) is 23.1 Å². The van der Waals surface area contributed by atoms with Crippen molar-refractivity contribution in [2.24, 2.45) is 0 Å². The maximum Gasteiger partial charge on any atom is 0.164 e. The number of nitrogens with one attached hydrogen (secondary N) is 1. The molecule has 0 saturated heterocycles. The fourth-order valence-electron chi connectivity index (χ4n) is 3.63. The van der Waals surface area contributed by atoms with Gasteiger partial charge in [0.25, 0.3) is 0 Å². The molecular weight excluding hydrogens is 362 g/mol. The number of methoxy groups -OCH3 is 3. The smallest absolute Gasteiger partial charge is 0.164 e. The number of rotatable bonds is 6. The van der Waals surface area contributed by atoms with E-state index < -0.39 is 0 Å². The van der Waals surface area contributed by atoms with Crippen molar-refractivity contribution in [3.8, 4) is 17.2 Å². The van der Waals surface area contributed by atoms with Crippen LogP contribution >= 0.6 is 11.3 Å². The fourth-order valence-corrected chi connectivity index (χ4v) is 4.86. The molecule has 142 valence electrons. The summed E-state index contributed by atoms with van der Waals surface area (Å²) in [6.45, 7) is 0.570. The average molecular weight is 385 g/mol. The van der Waals surface area contributed by atoms with Crippen molar-refractivity contribution in [1.29, 1.82) is 0 Å². The standard InChI is InChI=1S/C20H23N3O3S/c1-24-14-9-16(26-3)15(25-2)8-12(14)10-21-19-18-13-6-4-5-7-17(13)27-20(18)23-11-22-19/h8-9,11H,4-7,10H2,1-3H3,(H,21,22,23). The molecule has 0 fully saturated rings. The third-order valence-corrected chi connectivity index (χ3v) is 6.18. The van der Waals surface area contributed by atoms with Crippen LogP contribution in [0, 0.1) is 0 Å². The Labute approximate surface area is 162 Å². The number of hydrogen-bond acceptors (Lipinski definition) is 7. The Morgan fingerprint density at radius 3 is 2.48 bits per heavy atom. The van der Waals surface area contributed by atoms with Crippen molar-refractivity contribution in [3.05, 3.63) is 34.5 Å². The summed E-state index contributed by atoms with van der Waals surface area (Å²) in [4.78, 5) is 11.5. The number of hydrogen-bond donors (Lipinski definition) is 1. The first-order valence-electron chi connectivity index (χ1n) is 9.03. The molecule has 0 amide bonds. The van der Waals surface area contributed by atoms with Crippen LogP contribution in [0.2, 0.25) is 0 Å². The summed E-state index contributed by atoms with van der Waals surface area (Å²) in [5.74, 6) is 2.96. The number of fused-ring (bicyclic) bond motifs is 3. The van der Waals surface area contributed by atoms with Crippen LogP contribution < -0.4 is 19.5 Å². The van der Waals surface area contributed by atoms with Gasteiger partial charge >= 0.3 is 0 Å². The van der Waals surface area contributed by atoms with E-state index in [0.29, 0.717) is 18.0 Å². The van der Waals surface area contributed by atoms with Gasteiger partial charge in [-0.3, -0.25) is 0 Å². The number of nitrogens with zero attached hydrogens (tertiary/aromatic N) is 2. The molecule has 0 radical (unpaired) electrons. The minimum atomic E-state index is 0.570. The first kappa shape index (κ1) is 17.9. The zero-order chi connectivity index (χ0) is 18.8. The van der Waals surface area contributed by atoms with Crippen LogP contribution in [0.1, 0.15) is 28.8 Å². The third-order valence-electron chi connectivity index (χ3n) is 4.98. The number of benzene rings is 1. The summed E-state index contributed by atoms with van der Waals surface area (Å²) in [5, 5.41) is 4.66. The summed E-state index contributed by atoms with van der Waals surface area (Å²) in [6, 6.07) is 3.78. The van der Waals surface area contributed by atoms with Crippen molar-refractivity contribution in [2.45, 2.75) is 32.2 Å². The highest BCUT2D eigenvalue weighted by molar-refractivity contribution is 7.19. The Hall–Kier alpha value is -2.54. The van der Waals surface area contributed by atoms with E-state index in [0.717, 1.165) is 34.8 Å². The lowest BCUT2D eigenvalue weighted by molar-refractivity contribution is 0.347. The van der Waals surface area contributed by atoms with Crippen molar-refractivity contribution in [2.75, 3.05) is 26.6 Å². The van der Waals surface area contributed by atoms with Crippen molar-refractivity contribution >= 4 is 27.4 Å². The van der Waals surface area contributed by atoms with E-state index in [-0.39, 0.29) is 0 Å². The Bertz CT molecular complexity index is 971. The van der Waals surface area contributed by atoms with Gasteiger partial charge in [-0.1, -0.05) is 0 Å². The predicted molar refractivity (Wildman–Crippen MR) is 107 cm³/mol. The molecule has 4 rings (SSSR count). The van der Waals surface area contributed by atoms with Gasteiger partial charge in [-0.2, -0.15) is 0 Å². The van der Waals surface area contributed by atoms with E-state index in [1.807, 2.05) is 12.1 Å².